The first-order valence-corrected chi connectivity index (χ1v) is 6.42. The van der Waals surface area contributed by atoms with E-state index >= 15 is 0 Å². The van der Waals surface area contributed by atoms with E-state index in [2.05, 4.69) is 10.1 Å². The van der Waals surface area contributed by atoms with Crippen LogP contribution in [0.3, 0.4) is 0 Å². The molecule has 8 nitrogen and oxygen atoms in total. The van der Waals surface area contributed by atoms with Crippen molar-refractivity contribution in [2.45, 2.75) is 32.2 Å². The van der Waals surface area contributed by atoms with Crippen molar-refractivity contribution < 1.29 is 29.3 Å². The van der Waals surface area contributed by atoms with Crippen LogP contribution in [0.4, 0.5) is 4.79 Å². The Hall–Kier alpha value is -1.83. The number of aliphatic hydroxyl groups is 1. The van der Waals surface area contributed by atoms with Crippen molar-refractivity contribution in [1.29, 1.82) is 0 Å². The van der Waals surface area contributed by atoms with E-state index in [1.54, 1.807) is 6.92 Å². The summed E-state index contributed by atoms with van der Waals surface area (Å²) >= 11 is 0. The summed E-state index contributed by atoms with van der Waals surface area (Å²) in [6.07, 6.45) is 0.295. The Kier molecular flexibility index (Phi) is 9.10. The van der Waals surface area contributed by atoms with Crippen LogP contribution in [0.25, 0.3) is 0 Å². The first-order chi connectivity index (χ1) is 9.46. The summed E-state index contributed by atoms with van der Waals surface area (Å²) in [7, 11) is 1.21. The van der Waals surface area contributed by atoms with E-state index in [4.69, 9.17) is 10.2 Å². The molecule has 0 bridgehead atoms. The minimum Gasteiger partial charge on any atom is -0.480 e. The van der Waals surface area contributed by atoms with E-state index < -0.39 is 24.0 Å². The van der Waals surface area contributed by atoms with Crippen LogP contribution in [0.1, 0.15) is 26.2 Å². The number of aliphatic hydroxyl groups excluding tert-OH is 1. The lowest BCUT2D eigenvalue weighted by Gasteiger charge is -2.23. The highest BCUT2D eigenvalue weighted by Crippen LogP contribution is 2.02. The van der Waals surface area contributed by atoms with Crippen molar-refractivity contribution in [2.75, 3.05) is 26.8 Å². The molecule has 116 valence electrons. The molecule has 0 aromatic carbocycles. The van der Waals surface area contributed by atoms with Crippen molar-refractivity contribution in [3.63, 3.8) is 0 Å². The van der Waals surface area contributed by atoms with Crippen LogP contribution in [-0.2, 0) is 14.3 Å². The van der Waals surface area contributed by atoms with Gasteiger partial charge in [-0.05, 0) is 19.8 Å². The van der Waals surface area contributed by atoms with E-state index in [0.29, 0.717) is 19.5 Å². The standard InChI is InChI=1S/C12H22N2O6/c1-3-14(7-4-8-15)12(19)13-9(11(17)18)5-6-10(16)20-2/h9,15H,3-8H2,1-2H3,(H,13,19)(H,17,18)/t9-/m1/s1. The van der Waals surface area contributed by atoms with Gasteiger partial charge in [-0.1, -0.05) is 0 Å². The van der Waals surface area contributed by atoms with Gasteiger partial charge in [0.05, 0.1) is 7.11 Å². The predicted molar refractivity (Wildman–Crippen MR) is 70.2 cm³/mol. The Balaban J connectivity index is 4.45. The van der Waals surface area contributed by atoms with E-state index in [1.165, 1.54) is 12.0 Å². The normalized spacial score (nSPS) is 11.6. The summed E-state index contributed by atoms with van der Waals surface area (Å²) < 4.78 is 4.42. The molecule has 0 aromatic heterocycles. The van der Waals surface area contributed by atoms with E-state index in [9.17, 15) is 14.4 Å². The van der Waals surface area contributed by atoms with Gasteiger partial charge in [-0.3, -0.25) is 4.79 Å². The van der Waals surface area contributed by atoms with Crippen molar-refractivity contribution in [1.82, 2.24) is 10.2 Å². The molecule has 0 radical (unpaired) electrons. The van der Waals surface area contributed by atoms with Crippen molar-refractivity contribution >= 4 is 18.0 Å². The Bertz CT molecular complexity index is 334. The number of rotatable bonds is 9. The number of esters is 1. The van der Waals surface area contributed by atoms with Gasteiger partial charge >= 0.3 is 18.0 Å². The zero-order valence-electron chi connectivity index (χ0n) is 11.8. The quantitative estimate of drug-likeness (QED) is 0.507. The number of amides is 2. The van der Waals surface area contributed by atoms with E-state index in [0.717, 1.165) is 0 Å². The van der Waals surface area contributed by atoms with Gasteiger partial charge in [0.2, 0.25) is 0 Å². The highest BCUT2D eigenvalue weighted by molar-refractivity contribution is 5.83. The maximum absolute atomic E-state index is 11.9. The fourth-order valence-corrected chi connectivity index (χ4v) is 1.53. The SMILES string of the molecule is CCN(CCCO)C(=O)N[C@H](CCC(=O)OC)C(=O)O. The Morgan fingerprint density at radius 1 is 1.35 bits per heavy atom. The number of carbonyl (C=O) groups excluding carboxylic acids is 2. The number of nitrogens with one attached hydrogen (secondary N) is 1. The molecule has 3 N–H and O–H groups in total. The first-order valence-electron chi connectivity index (χ1n) is 6.42. The summed E-state index contributed by atoms with van der Waals surface area (Å²) in [6.45, 7) is 2.44. The van der Waals surface area contributed by atoms with Gasteiger partial charge in [0, 0.05) is 26.1 Å². The zero-order chi connectivity index (χ0) is 15.5. The Labute approximate surface area is 117 Å². The molecular formula is C12H22N2O6. The number of urea groups is 1. The van der Waals surface area contributed by atoms with Crippen LogP contribution >= 0.6 is 0 Å². The van der Waals surface area contributed by atoms with Crippen molar-refractivity contribution in [3.05, 3.63) is 0 Å². The summed E-state index contributed by atoms with van der Waals surface area (Å²) in [5, 5.41) is 20.1. The third-order valence-electron chi connectivity index (χ3n) is 2.72. The van der Waals surface area contributed by atoms with Gasteiger partial charge in [0.15, 0.2) is 0 Å². The van der Waals surface area contributed by atoms with Gasteiger partial charge in [-0.15, -0.1) is 0 Å². The van der Waals surface area contributed by atoms with Crippen LogP contribution in [0.15, 0.2) is 0 Å². The highest BCUT2D eigenvalue weighted by atomic mass is 16.5. The number of hydrogen-bond donors (Lipinski definition) is 3. The predicted octanol–water partition coefficient (Wildman–Crippen LogP) is -0.193. The Morgan fingerprint density at radius 3 is 2.45 bits per heavy atom. The number of carbonyl (C=O) groups is 3. The lowest BCUT2D eigenvalue weighted by atomic mass is 10.1. The topological polar surface area (TPSA) is 116 Å². The molecule has 0 fully saturated rings. The van der Waals surface area contributed by atoms with Crippen LogP contribution < -0.4 is 5.32 Å². The number of aliphatic carboxylic acids is 1. The van der Waals surface area contributed by atoms with Crippen LogP contribution in [0, 0.1) is 0 Å². The smallest absolute Gasteiger partial charge is 0.326 e. The van der Waals surface area contributed by atoms with Crippen LogP contribution in [0.5, 0.6) is 0 Å². The lowest BCUT2D eigenvalue weighted by Crippen LogP contribution is -2.48. The monoisotopic (exact) mass is 290 g/mol. The van der Waals surface area contributed by atoms with Gasteiger partial charge in [-0.25, -0.2) is 9.59 Å². The third-order valence-corrected chi connectivity index (χ3v) is 2.72. The summed E-state index contributed by atoms with van der Waals surface area (Å²) in [5.74, 6) is -1.74. The number of hydrogen-bond acceptors (Lipinski definition) is 5. The van der Waals surface area contributed by atoms with Gasteiger partial charge < -0.3 is 25.2 Å². The molecule has 2 amide bonds. The molecule has 0 saturated carbocycles. The van der Waals surface area contributed by atoms with Gasteiger partial charge in [0.25, 0.3) is 0 Å². The summed E-state index contributed by atoms with van der Waals surface area (Å²) in [6, 6.07) is -1.68. The van der Waals surface area contributed by atoms with Crippen molar-refractivity contribution in [3.8, 4) is 0 Å². The largest absolute Gasteiger partial charge is 0.480 e. The van der Waals surface area contributed by atoms with E-state index in [1.807, 2.05) is 0 Å². The van der Waals surface area contributed by atoms with Gasteiger partial charge in [-0.2, -0.15) is 0 Å². The molecule has 0 unspecified atom stereocenters. The molecule has 0 aliphatic heterocycles. The second kappa shape index (κ2) is 10.0. The van der Waals surface area contributed by atoms with Crippen LogP contribution in [-0.4, -0.2) is 65.9 Å². The molecular weight excluding hydrogens is 268 g/mol. The minimum atomic E-state index is -1.21. The third kappa shape index (κ3) is 6.93. The molecule has 8 heteroatoms. The molecule has 0 aromatic rings. The molecule has 0 rings (SSSR count). The average Bonchev–Trinajstić information content (AvgIpc) is 2.43. The first kappa shape index (κ1) is 18.2. The van der Waals surface area contributed by atoms with E-state index in [-0.39, 0.29) is 19.4 Å². The molecule has 0 saturated heterocycles. The summed E-state index contributed by atoms with van der Waals surface area (Å²) in [5.41, 5.74) is 0. The fourth-order valence-electron chi connectivity index (χ4n) is 1.53. The number of methoxy groups -OCH3 is 1. The fraction of sp³-hybridized carbons (Fsp3) is 0.750. The second-order valence-electron chi connectivity index (χ2n) is 4.11. The second-order valence-corrected chi connectivity index (χ2v) is 4.11. The number of nitrogens with zero attached hydrogens (tertiary/aromatic N) is 1. The van der Waals surface area contributed by atoms with Crippen LogP contribution in [0.2, 0.25) is 0 Å². The number of carboxylic acid groups (broad SMARTS) is 1. The lowest BCUT2D eigenvalue weighted by molar-refractivity contribution is -0.142. The molecule has 0 aliphatic carbocycles. The maximum Gasteiger partial charge on any atom is 0.326 e. The maximum atomic E-state index is 11.9. The average molecular weight is 290 g/mol. The number of carboxylic acids is 1. The highest BCUT2D eigenvalue weighted by Gasteiger charge is 2.23. The number of ether oxygens (including phenoxy) is 1. The van der Waals surface area contributed by atoms with Crippen molar-refractivity contribution in [2.24, 2.45) is 0 Å². The molecule has 1 atom stereocenters. The molecule has 0 heterocycles. The Morgan fingerprint density at radius 2 is 2.00 bits per heavy atom. The summed E-state index contributed by atoms with van der Waals surface area (Å²) in [4.78, 5) is 35.3. The molecule has 0 spiro atoms. The zero-order valence-corrected chi connectivity index (χ0v) is 11.8. The molecule has 20 heavy (non-hydrogen) atoms. The molecule has 0 aliphatic rings. The minimum absolute atomic E-state index is 0.0364. The van der Waals surface area contributed by atoms with Gasteiger partial charge in [0.1, 0.15) is 6.04 Å².